The average molecular weight is 89.9 g/mol. The Morgan fingerprint density at radius 3 is 1.50 bits per heavy atom. The SMILES string of the molecule is C[C](C)=[Ti+]. The van der Waals surface area contributed by atoms with Crippen LogP contribution in [0.5, 0.6) is 0 Å². The Labute approximate surface area is 38.1 Å². The van der Waals surface area contributed by atoms with Gasteiger partial charge < -0.3 is 0 Å². The normalized spacial score (nSPS) is 7.00. The maximum atomic E-state index is 2.08. The van der Waals surface area contributed by atoms with Crippen molar-refractivity contribution in [2.24, 2.45) is 0 Å². The van der Waals surface area contributed by atoms with Gasteiger partial charge in [0.15, 0.2) is 0 Å². The van der Waals surface area contributed by atoms with Crippen molar-refractivity contribution in [2.75, 3.05) is 0 Å². The minimum absolute atomic E-state index is 1.42. The first-order chi connectivity index (χ1) is 1.73. The van der Waals surface area contributed by atoms with Crippen LogP contribution < -0.4 is 0 Å². The van der Waals surface area contributed by atoms with E-state index in [0.29, 0.717) is 0 Å². The van der Waals surface area contributed by atoms with Crippen molar-refractivity contribution >= 4 is 3.81 Å². The second-order valence-electron chi connectivity index (χ2n) is 1.00. The summed E-state index contributed by atoms with van der Waals surface area (Å²) in [5.41, 5.74) is 0. The van der Waals surface area contributed by atoms with Gasteiger partial charge in [0.2, 0.25) is 0 Å². The van der Waals surface area contributed by atoms with Crippen molar-refractivity contribution in [1.82, 2.24) is 0 Å². The van der Waals surface area contributed by atoms with E-state index in [2.05, 4.69) is 33.8 Å². The average Bonchev–Trinajstić information content (AvgIpc) is 0.811. The summed E-state index contributed by atoms with van der Waals surface area (Å²) in [5.74, 6) is 0. The van der Waals surface area contributed by atoms with Crippen LogP contribution in [0.25, 0.3) is 0 Å². The van der Waals surface area contributed by atoms with E-state index >= 15 is 0 Å². The van der Waals surface area contributed by atoms with Gasteiger partial charge in [-0.25, -0.2) is 0 Å². The van der Waals surface area contributed by atoms with Crippen molar-refractivity contribution in [3.8, 4) is 0 Å². The van der Waals surface area contributed by atoms with Gasteiger partial charge in [-0.05, 0) is 0 Å². The summed E-state index contributed by atoms with van der Waals surface area (Å²) in [5, 5.41) is 0. The molecule has 0 N–H and O–H groups in total. The second kappa shape index (κ2) is 1.86. The predicted octanol–water partition coefficient (Wildman–Crippen LogP) is 0.745. The first-order valence-corrected chi connectivity index (χ1v) is 2.03. The molecule has 21 valence electrons. The van der Waals surface area contributed by atoms with Crippen LogP contribution in [0.3, 0.4) is 0 Å². The van der Waals surface area contributed by atoms with Crippen LogP contribution in [0.2, 0.25) is 0 Å². The van der Waals surface area contributed by atoms with Gasteiger partial charge in [0.05, 0.1) is 0 Å². The Bertz CT molecular complexity index is 26.3. The third kappa shape index (κ3) is 19.0. The molecule has 0 nitrogen and oxygen atoms in total. The quantitative estimate of drug-likeness (QED) is 0.385. The molecule has 0 rings (SSSR count). The molecule has 0 heterocycles. The summed E-state index contributed by atoms with van der Waals surface area (Å²) in [6.45, 7) is 4.17. The van der Waals surface area contributed by atoms with E-state index in [1.807, 2.05) is 0 Å². The third-order valence-electron chi connectivity index (χ3n) is 0. The number of hydrogen-bond donors (Lipinski definition) is 0. The van der Waals surface area contributed by atoms with E-state index in [4.69, 9.17) is 0 Å². The summed E-state index contributed by atoms with van der Waals surface area (Å²) in [6.07, 6.45) is 0. The van der Waals surface area contributed by atoms with Crippen LogP contribution >= 0.6 is 0 Å². The second-order valence-corrected chi connectivity index (χ2v) is 2.56. The molecule has 0 fully saturated rings. The summed E-state index contributed by atoms with van der Waals surface area (Å²) in [7, 11) is 0. The summed E-state index contributed by atoms with van der Waals surface area (Å²) in [6, 6.07) is 0. The van der Waals surface area contributed by atoms with E-state index in [-0.39, 0.29) is 0 Å². The molecule has 0 saturated carbocycles. The molecule has 0 aliphatic rings. The van der Waals surface area contributed by atoms with Gasteiger partial charge >= 0.3 is 37.6 Å². The van der Waals surface area contributed by atoms with Gasteiger partial charge in [-0.1, -0.05) is 0 Å². The van der Waals surface area contributed by atoms with E-state index in [9.17, 15) is 0 Å². The Balaban J connectivity index is 2.80. The molecule has 0 aromatic carbocycles. The van der Waals surface area contributed by atoms with Crippen molar-refractivity contribution in [3.05, 3.63) is 0 Å². The molecular weight excluding hydrogens is 83.9 g/mol. The van der Waals surface area contributed by atoms with Gasteiger partial charge in [0, 0.05) is 0 Å². The molecule has 0 aromatic rings. The Morgan fingerprint density at radius 2 is 1.50 bits per heavy atom. The molecule has 0 unspecified atom stereocenters. The van der Waals surface area contributed by atoms with Crippen molar-refractivity contribution in [2.45, 2.75) is 13.8 Å². The zero-order valence-corrected chi connectivity index (χ0v) is 4.56. The number of hydrogen-bond acceptors (Lipinski definition) is 0. The molecule has 0 radical (unpaired) electrons. The van der Waals surface area contributed by atoms with Crippen LogP contribution in [-0.4, -0.2) is 3.81 Å². The fraction of sp³-hybridized carbons (Fsp3) is 0.667. The fourth-order valence-electron chi connectivity index (χ4n) is 0. The molecule has 0 bridgehead atoms. The predicted molar refractivity (Wildman–Crippen MR) is 16.4 cm³/mol. The van der Waals surface area contributed by atoms with Crippen LogP contribution in [-0.2, 0) is 20.0 Å². The fourth-order valence-corrected chi connectivity index (χ4v) is 0. The van der Waals surface area contributed by atoms with Gasteiger partial charge in [-0.2, -0.15) is 0 Å². The first kappa shape index (κ1) is 4.58. The molecular formula is C3H6Ti+. The van der Waals surface area contributed by atoms with Crippen LogP contribution in [0, 0.1) is 0 Å². The van der Waals surface area contributed by atoms with Crippen molar-refractivity contribution in [3.63, 3.8) is 0 Å². The third-order valence-corrected chi connectivity index (χ3v) is 0. The zero-order valence-electron chi connectivity index (χ0n) is 3.00. The standard InChI is InChI=1S/C3H6.Ti/c1-3-2;/h1-2H3;/q;+1. The summed E-state index contributed by atoms with van der Waals surface area (Å²) < 4.78 is 1.42. The molecule has 0 atom stereocenters. The van der Waals surface area contributed by atoms with E-state index in [1.165, 1.54) is 3.81 Å². The van der Waals surface area contributed by atoms with Gasteiger partial charge in [-0.15, -0.1) is 0 Å². The molecule has 0 saturated heterocycles. The molecule has 0 aliphatic heterocycles. The van der Waals surface area contributed by atoms with Crippen LogP contribution in [0.15, 0.2) is 0 Å². The van der Waals surface area contributed by atoms with E-state index in [1.54, 1.807) is 0 Å². The van der Waals surface area contributed by atoms with E-state index in [0.717, 1.165) is 0 Å². The minimum atomic E-state index is 1.42. The zero-order chi connectivity index (χ0) is 3.58. The van der Waals surface area contributed by atoms with Gasteiger partial charge in [0.1, 0.15) is 0 Å². The van der Waals surface area contributed by atoms with Crippen molar-refractivity contribution in [1.29, 1.82) is 0 Å². The molecule has 0 aliphatic carbocycles. The van der Waals surface area contributed by atoms with Crippen LogP contribution in [0.1, 0.15) is 13.8 Å². The monoisotopic (exact) mass is 90.0 g/mol. The summed E-state index contributed by atoms with van der Waals surface area (Å²) in [4.78, 5) is 0. The Hall–Kier alpha value is 0.584. The topological polar surface area (TPSA) is 0 Å². The molecule has 0 aromatic heterocycles. The van der Waals surface area contributed by atoms with Gasteiger partial charge in [0.25, 0.3) is 0 Å². The Morgan fingerprint density at radius 1 is 1.50 bits per heavy atom. The molecule has 0 spiro atoms. The van der Waals surface area contributed by atoms with E-state index < -0.39 is 0 Å². The number of rotatable bonds is 0. The molecule has 0 amide bonds. The van der Waals surface area contributed by atoms with Gasteiger partial charge in [-0.3, -0.25) is 0 Å². The summed E-state index contributed by atoms with van der Waals surface area (Å²) >= 11 is 2.08. The maximum absolute atomic E-state index is 2.08. The van der Waals surface area contributed by atoms with Crippen LogP contribution in [0.4, 0.5) is 0 Å². The molecule has 1 heteroatoms. The first-order valence-electron chi connectivity index (χ1n) is 1.25. The van der Waals surface area contributed by atoms with Crippen molar-refractivity contribution < 1.29 is 20.0 Å². The Kier molecular flexibility index (Phi) is 2.14. The molecule has 4 heavy (non-hydrogen) atoms.